The van der Waals surface area contributed by atoms with E-state index in [1.807, 2.05) is 0 Å². The summed E-state index contributed by atoms with van der Waals surface area (Å²) in [5, 5.41) is 0. The highest BCUT2D eigenvalue weighted by Gasteiger charge is 2.89. The third-order valence-corrected chi connectivity index (χ3v) is 7.10. The maximum Gasteiger partial charge on any atom is 0.439 e. The second kappa shape index (κ2) is 10.8. The second-order valence-electron chi connectivity index (χ2n) is 10.1. The minimum absolute atomic E-state index is 1.77. The van der Waals surface area contributed by atoms with Crippen LogP contribution in [0.2, 0.25) is 0 Å². The maximum absolute atomic E-state index is 15.4. The molecule has 0 spiro atoms. The van der Waals surface area contributed by atoms with Crippen LogP contribution in [-0.4, -0.2) is 107 Å². The van der Waals surface area contributed by atoms with E-state index < -0.39 is 120 Å². The zero-order valence-corrected chi connectivity index (χ0v) is 21.7. The number of rotatable bonds is 6. The highest BCUT2D eigenvalue weighted by atomic mass is 19.4. The van der Waals surface area contributed by atoms with Crippen LogP contribution in [0.25, 0.3) is 0 Å². The molecule has 3 heterocycles. The van der Waals surface area contributed by atoms with Crippen molar-refractivity contribution in [3.63, 3.8) is 0 Å². The standard InChI is InChI=1S/C18H8F26N2O3/c19-5(45-11(29,30)15(37,38)48-16(39,40)12(45,31)32)7(21,9(23,24)25)3-1-2-4(47-3)8(22,10(26,27)28)6(20)46-13(33,34)17(41,42)49-18(43,44)14(46,35)36/h3-6H,1-2H2. The van der Waals surface area contributed by atoms with Gasteiger partial charge < -0.3 is 4.74 Å². The minimum Gasteiger partial charge on any atom is -0.367 e. The van der Waals surface area contributed by atoms with Gasteiger partial charge in [0.2, 0.25) is 12.6 Å². The molecule has 0 amide bonds. The third-order valence-electron chi connectivity index (χ3n) is 7.10. The van der Waals surface area contributed by atoms with Gasteiger partial charge in [-0.05, 0) is 12.8 Å². The molecule has 0 N–H and O–H groups in total. The van der Waals surface area contributed by atoms with Gasteiger partial charge >= 0.3 is 61.0 Å². The molecular formula is C18H8F26N2O3. The van der Waals surface area contributed by atoms with Crippen molar-refractivity contribution in [3.8, 4) is 0 Å². The molecule has 0 saturated carbocycles. The summed E-state index contributed by atoms with van der Waals surface area (Å²) in [6.07, 6.45) is -72.0. The van der Waals surface area contributed by atoms with E-state index in [-0.39, 0.29) is 0 Å². The molecule has 3 rings (SSSR count). The van der Waals surface area contributed by atoms with Crippen molar-refractivity contribution in [3.05, 3.63) is 0 Å². The second-order valence-corrected chi connectivity index (χ2v) is 10.1. The smallest absolute Gasteiger partial charge is 0.367 e. The van der Waals surface area contributed by atoms with Crippen molar-refractivity contribution < 1.29 is 128 Å². The highest BCUT2D eigenvalue weighted by molar-refractivity contribution is 5.12. The van der Waals surface area contributed by atoms with Gasteiger partial charge in [0, 0.05) is 0 Å². The van der Waals surface area contributed by atoms with Crippen LogP contribution in [0.3, 0.4) is 0 Å². The van der Waals surface area contributed by atoms with Gasteiger partial charge in [0.15, 0.2) is 0 Å². The van der Waals surface area contributed by atoms with Gasteiger partial charge in [-0.25, -0.2) is 27.0 Å². The first-order valence-corrected chi connectivity index (χ1v) is 11.6. The molecule has 0 bridgehead atoms. The fraction of sp³-hybridized carbons (Fsp3) is 1.00. The number of hydrogen-bond acceptors (Lipinski definition) is 5. The molecule has 0 aromatic heterocycles. The molecule has 0 aromatic carbocycles. The fourth-order valence-electron chi connectivity index (χ4n) is 4.62. The maximum atomic E-state index is 15.4. The highest BCUT2D eigenvalue weighted by Crippen LogP contribution is 2.62. The summed E-state index contributed by atoms with van der Waals surface area (Å²) >= 11 is 0. The number of morpholine rings is 2. The van der Waals surface area contributed by atoms with Crippen LogP contribution >= 0.6 is 0 Å². The fourth-order valence-corrected chi connectivity index (χ4v) is 4.62. The van der Waals surface area contributed by atoms with E-state index >= 15 is 8.78 Å². The monoisotopic (exact) mass is 794 g/mol. The van der Waals surface area contributed by atoms with Crippen LogP contribution in [0.5, 0.6) is 0 Å². The Morgan fingerprint density at radius 3 is 0.816 bits per heavy atom. The summed E-state index contributed by atoms with van der Waals surface area (Å²) in [5.74, 6) is 0. The normalized spacial score (nSPS) is 34.4. The molecule has 0 aromatic rings. The van der Waals surface area contributed by atoms with Crippen LogP contribution in [0.4, 0.5) is 114 Å². The first kappa shape index (κ1) is 41.4. The van der Waals surface area contributed by atoms with E-state index in [1.54, 1.807) is 9.47 Å². The molecule has 3 aliphatic rings. The summed E-state index contributed by atoms with van der Waals surface area (Å²) in [5.41, 5.74) is -14.3. The van der Waals surface area contributed by atoms with E-state index in [0.29, 0.717) is 0 Å². The average Bonchev–Trinajstić information content (AvgIpc) is 3.33. The number of nitrogens with zero attached hydrogens (tertiary/aromatic N) is 2. The number of alkyl halides is 26. The Morgan fingerprint density at radius 1 is 0.429 bits per heavy atom. The van der Waals surface area contributed by atoms with Crippen molar-refractivity contribution in [1.29, 1.82) is 0 Å². The summed E-state index contributed by atoms with van der Waals surface area (Å²) in [6.45, 7) is 0. The first-order valence-electron chi connectivity index (χ1n) is 11.6. The van der Waals surface area contributed by atoms with Gasteiger partial charge in [-0.2, -0.15) is 96.6 Å². The third kappa shape index (κ3) is 5.35. The number of halogens is 26. The summed E-state index contributed by atoms with van der Waals surface area (Å²) in [7, 11) is 0. The molecule has 3 aliphatic heterocycles. The Bertz CT molecular complexity index is 1120. The van der Waals surface area contributed by atoms with Crippen molar-refractivity contribution in [2.75, 3.05) is 0 Å². The molecule has 3 fully saturated rings. The first-order chi connectivity index (χ1) is 21.2. The van der Waals surface area contributed by atoms with Crippen LogP contribution in [0, 0.1) is 0 Å². The lowest BCUT2D eigenvalue weighted by Gasteiger charge is -2.51. The molecular weight excluding hydrogens is 786 g/mol. The number of ether oxygens (including phenoxy) is 3. The van der Waals surface area contributed by atoms with E-state index in [9.17, 15) is 105 Å². The van der Waals surface area contributed by atoms with Gasteiger partial charge in [-0.15, -0.1) is 9.80 Å². The van der Waals surface area contributed by atoms with E-state index in [0.717, 1.165) is 0 Å². The Labute approximate surface area is 249 Å². The van der Waals surface area contributed by atoms with Crippen molar-refractivity contribution in [1.82, 2.24) is 9.80 Å². The van der Waals surface area contributed by atoms with Crippen LogP contribution < -0.4 is 0 Å². The molecule has 31 heteroatoms. The van der Waals surface area contributed by atoms with Gasteiger partial charge in [0.1, 0.15) is 12.2 Å². The molecule has 0 aliphatic carbocycles. The Kier molecular flexibility index (Phi) is 9.09. The Hall–Kier alpha value is -2.02. The summed E-state index contributed by atoms with van der Waals surface area (Å²) in [6, 6.07) is -30.0. The summed E-state index contributed by atoms with van der Waals surface area (Å²) in [4.78, 5) is -7.70. The molecule has 3 saturated heterocycles. The zero-order valence-electron chi connectivity index (χ0n) is 21.7. The molecule has 6 atom stereocenters. The molecule has 290 valence electrons. The van der Waals surface area contributed by atoms with Crippen molar-refractivity contribution >= 4 is 0 Å². The summed E-state index contributed by atoms with van der Waals surface area (Å²) < 4.78 is 370. The molecule has 5 nitrogen and oxygen atoms in total. The van der Waals surface area contributed by atoms with E-state index in [2.05, 4.69) is 4.74 Å². The minimum atomic E-state index is -7.65. The largest absolute Gasteiger partial charge is 0.439 e. The van der Waals surface area contributed by atoms with Gasteiger partial charge in [0.05, 0.1) is 0 Å². The molecule has 0 radical (unpaired) electrons. The molecule has 6 unspecified atom stereocenters. The topological polar surface area (TPSA) is 34.2 Å². The van der Waals surface area contributed by atoms with Crippen molar-refractivity contribution in [2.45, 2.75) is 110 Å². The SMILES string of the molecule is FC(N1C(F)(F)C(F)(F)OC(F)(F)C1(F)F)C(F)(C1CCC(C(F)(C(F)N2C(F)(F)C(F)(F)OC(F)(F)C2(F)F)C(F)(F)F)O1)C(F)(F)F. The lowest BCUT2D eigenvalue weighted by Crippen LogP contribution is -2.79. The number of hydrogen-bond donors (Lipinski definition) is 0. The van der Waals surface area contributed by atoms with E-state index in [1.165, 1.54) is 0 Å². The predicted molar refractivity (Wildman–Crippen MR) is 92.9 cm³/mol. The average molecular weight is 794 g/mol. The van der Waals surface area contributed by atoms with Gasteiger partial charge in [0.25, 0.3) is 11.3 Å². The van der Waals surface area contributed by atoms with Crippen LogP contribution in [0.15, 0.2) is 0 Å². The Morgan fingerprint density at radius 2 is 0.633 bits per heavy atom. The predicted octanol–water partition coefficient (Wildman–Crippen LogP) is 8.07. The lowest BCUT2D eigenvalue weighted by atomic mass is 9.90. The van der Waals surface area contributed by atoms with Crippen LogP contribution in [0.1, 0.15) is 12.8 Å². The lowest BCUT2D eigenvalue weighted by molar-refractivity contribution is -0.576. The zero-order chi connectivity index (χ0) is 39.0. The van der Waals surface area contributed by atoms with Gasteiger partial charge in [-0.1, -0.05) is 0 Å². The van der Waals surface area contributed by atoms with Crippen molar-refractivity contribution in [2.24, 2.45) is 0 Å². The van der Waals surface area contributed by atoms with Gasteiger partial charge in [-0.3, -0.25) is 0 Å². The van der Waals surface area contributed by atoms with Crippen LogP contribution in [-0.2, 0) is 14.2 Å². The Balaban J connectivity index is 2.19. The van der Waals surface area contributed by atoms with E-state index in [4.69, 9.17) is 0 Å². The molecule has 49 heavy (non-hydrogen) atoms. The quantitative estimate of drug-likeness (QED) is 0.201.